The van der Waals surface area contributed by atoms with Crippen molar-refractivity contribution in [3.8, 4) is 0 Å². The van der Waals surface area contributed by atoms with Gasteiger partial charge in [0.15, 0.2) is 0 Å². The molecule has 0 aliphatic rings. The van der Waals surface area contributed by atoms with Gasteiger partial charge in [-0.2, -0.15) is 0 Å². The maximum absolute atomic E-state index is 0. The van der Waals surface area contributed by atoms with Crippen LogP contribution in [0.2, 0.25) is 0 Å². The van der Waals surface area contributed by atoms with Crippen LogP contribution >= 0.6 is 0 Å². The zero-order valence-corrected chi connectivity index (χ0v) is 6.06. The fraction of sp³-hybridized carbons (Fsp3) is 0. The molecular weight excluding hydrogens is 224 g/mol. The molecular formula is AlCoCuNiO+7. The van der Waals surface area contributed by atoms with Gasteiger partial charge in [-0.15, -0.1) is 0 Å². The molecule has 5 heteroatoms. The van der Waals surface area contributed by atoms with E-state index >= 15 is 0 Å². The van der Waals surface area contributed by atoms with Crippen molar-refractivity contribution in [1.29, 1.82) is 0 Å². The normalized spacial score (nSPS) is 0. The first kappa shape index (κ1) is 62.6. The van der Waals surface area contributed by atoms with Gasteiger partial charge in [-0.3, -0.25) is 0 Å². The standard InChI is InChI=1S/Al.Co.Cu.Ni.O/q+3;3*+2;-2. The van der Waals surface area contributed by atoms with Gasteiger partial charge < -0.3 is 5.48 Å². The predicted octanol–water partition coefficient (Wildman–Crippen LogP) is -0.507. The molecule has 1 nitrogen and oxygen atoms in total. The van der Waals surface area contributed by atoms with E-state index in [0.717, 1.165) is 0 Å². The summed E-state index contributed by atoms with van der Waals surface area (Å²) in [5.41, 5.74) is 0. The predicted molar refractivity (Wildman–Crippen MR) is 6.44 cm³/mol. The third kappa shape index (κ3) is 23.9. The van der Waals surface area contributed by atoms with Crippen LogP contribution in [0.3, 0.4) is 0 Å². The topological polar surface area (TPSA) is 28.5 Å². The van der Waals surface area contributed by atoms with Gasteiger partial charge in [0.2, 0.25) is 0 Å². The zero-order valence-electron chi connectivity index (χ0n) is 1.94. The third-order valence-corrected chi connectivity index (χ3v) is 0. The van der Waals surface area contributed by atoms with Crippen LogP contribution in [-0.2, 0) is 55.8 Å². The van der Waals surface area contributed by atoms with E-state index in [1.54, 1.807) is 0 Å². The summed E-state index contributed by atoms with van der Waals surface area (Å²) in [5.74, 6) is 0. The third-order valence-electron chi connectivity index (χ3n) is 0. The molecule has 0 heterocycles. The first-order chi connectivity index (χ1) is 0. The van der Waals surface area contributed by atoms with Crippen LogP contribution in [0.25, 0.3) is 0 Å². The van der Waals surface area contributed by atoms with E-state index in [2.05, 4.69) is 0 Å². The SMILES string of the molecule is [Al+3].[Co+2].[Cu+2].[Ni+2].[O-2]. The molecule has 0 aromatic rings. The summed E-state index contributed by atoms with van der Waals surface area (Å²) in [6.45, 7) is 0. The molecule has 0 spiro atoms. The molecule has 0 atom stereocenters. The van der Waals surface area contributed by atoms with Gasteiger partial charge in [-0.25, -0.2) is 0 Å². The summed E-state index contributed by atoms with van der Waals surface area (Å²) in [6.07, 6.45) is 0. The molecule has 0 saturated heterocycles. The Morgan fingerprint density at radius 1 is 1.00 bits per heavy atom. The van der Waals surface area contributed by atoms with E-state index in [4.69, 9.17) is 0 Å². The first-order valence-electron chi connectivity index (χ1n) is 0. The van der Waals surface area contributed by atoms with E-state index in [0.29, 0.717) is 0 Å². The van der Waals surface area contributed by atoms with Gasteiger partial charge in [-0.1, -0.05) is 0 Å². The second-order valence-corrected chi connectivity index (χ2v) is 0. The van der Waals surface area contributed by atoms with Crippen molar-refractivity contribution in [2.75, 3.05) is 0 Å². The van der Waals surface area contributed by atoms with Crippen LogP contribution in [0.4, 0.5) is 0 Å². The van der Waals surface area contributed by atoms with E-state index < -0.39 is 0 Å². The summed E-state index contributed by atoms with van der Waals surface area (Å²) < 4.78 is 0. The first-order valence-corrected chi connectivity index (χ1v) is 0. The summed E-state index contributed by atoms with van der Waals surface area (Å²) >= 11 is 0. The zero-order chi connectivity index (χ0) is 0. The molecule has 0 aromatic heterocycles. The minimum absolute atomic E-state index is 0. The van der Waals surface area contributed by atoms with Crippen LogP contribution < -0.4 is 0 Å². The summed E-state index contributed by atoms with van der Waals surface area (Å²) in [7, 11) is 0. The summed E-state index contributed by atoms with van der Waals surface area (Å²) in [4.78, 5) is 0. The molecule has 5 heavy (non-hydrogen) atoms. The minimum atomic E-state index is 0. The molecule has 0 aromatic carbocycles. The Bertz CT molecular complexity index is 11.6. The minimum Gasteiger partial charge on any atom is -2.00 e. The van der Waals surface area contributed by atoms with Crippen LogP contribution in [0.1, 0.15) is 0 Å². The van der Waals surface area contributed by atoms with Gasteiger partial charge in [-0.05, 0) is 0 Å². The largest absolute Gasteiger partial charge is 3.00 e. The average Bonchev–Trinajstić information content (AvgIpc) is 0. The Kier molecular flexibility index (Phi) is 467. The molecule has 0 rings (SSSR count). The Morgan fingerprint density at radius 2 is 1.00 bits per heavy atom. The average molecular weight is 224 g/mol. The molecule has 0 unspecified atom stereocenters. The Hall–Kier alpha value is 2.01. The second-order valence-electron chi connectivity index (χ2n) is 0. The number of hydrogen-bond donors (Lipinski definition) is 0. The van der Waals surface area contributed by atoms with Crippen LogP contribution in [0.5, 0.6) is 0 Å². The molecule has 0 amide bonds. The maximum atomic E-state index is 0. The van der Waals surface area contributed by atoms with E-state index in [-0.39, 0.29) is 73.2 Å². The van der Waals surface area contributed by atoms with Gasteiger partial charge in [0.05, 0.1) is 0 Å². The van der Waals surface area contributed by atoms with Crippen molar-refractivity contribution in [1.82, 2.24) is 0 Å². The molecule has 0 bridgehead atoms. The second kappa shape index (κ2) is 37.3. The molecule has 32 valence electrons. The van der Waals surface area contributed by atoms with Gasteiger partial charge in [0.25, 0.3) is 0 Å². The maximum Gasteiger partial charge on any atom is 3.00 e. The molecule has 0 aliphatic carbocycles. The Morgan fingerprint density at radius 3 is 1.00 bits per heavy atom. The number of rotatable bonds is 0. The van der Waals surface area contributed by atoms with Crippen molar-refractivity contribution in [3.05, 3.63) is 0 Å². The molecule has 2 radical (unpaired) electrons. The van der Waals surface area contributed by atoms with Crippen molar-refractivity contribution < 1.29 is 55.8 Å². The van der Waals surface area contributed by atoms with Crippen LogP contribution in [0, 0.1) is 0 Å². The molecule has 0 N–H and O–H groups in total. The van der Waals surface area contributed by atoms with Crippen molar-refractivity contribution >= 4 is 17.4 Å². The van der Waals surface area contributed by atoms with E-state index in [1.807, 2.05) is 0 Å². The van der Waals surface area contributed by atoms with Crippen molar-refractivity contribution in [2.24, 2.45) is 0 Å². The fourth-order valence-electron chi connectivity index (χ4n) is 0. The summed E-state index contributed by atoms with van der Waals surface area (Å²) in [6, 6.07) is 0. The smallest absolute Gasteiger partial charge is 2.00 e. The monoisotopic (exact) mass is 223 g/mol. The van der Waals surface area contributed by atoms with Gasteiger partial charge >= 0.3 is 67.7 Å². The van der Waals surface area contributed by atoms with Crippen LogP contribution in [0.15, 0.2) is 0 Å². The molecule has 0 aliphatic heterocycles. The van der Waals surface area contributed by atoms with E-state index in [9.17, 15) is 0 Å². The van der Waals surface area contributed by atoms with Crippen molar-refractivity contribution in [2.45, 2.75) is 0 Å². The molecule has 0 saturated carbocycles. The van der Waals surface area contributed by atoms with Gasteiger partial charge in [0, 0.05) is 0 Å². The van der Waals surface area contributed by atoms with Crippen LogP contribution in [-0.4, -0.2) is 17.4 Å². The number of hydrogen-bond acceptors (Lipinski definition) is 0. The quantitative estimate of drug-likeness (QED) is 0.496. The fourth-order valence-corrected chi connectivity index (χ4v) is 0. The Labute approximate surface area is 72.7 Å². The van der Waals surface area contributed by atoms with Crippen molar-refractivity contribution in [3.63, 3.8) is 0 Å². The van der Waals surface area contributed by atoms with E-state index in [1.165, 1.54) is 0 Å². The Balaban J connectivity index is 0. The summed E-state index contributed by atoms with van der Waals surface area (Å²) in [5, 5.41) is 0. The van der Waals surface area contributed by atoms with Gasteiger partial charge in [0.1, 0.15) is 0 Å². The molecule has 0 fully saturated rings.